The number of unbranched alkanes of at least 4 members (excludes halogenated alkanes) is 1. The second-order valence-corrected chi connectivity index (χ2v) is 5.54. The Bertz CT molecular complexity index is 405. The van der Waals surface area contributed by atoms with Crippen LogP contribution in [0.4, 0.5) is 5.69 Å². The van der Waals surface area contributed by atoms with Gasteiger partial charge in [0.05, 0.1) is 12.3 Å². The summed E-state index contributed by atoms with van der Waals surface area (Å²) in [6.07, 6.45) is 3.51. The summed E-state index contributed by atoms with van der Waals surface area (Å²) in [6, 6.07) is 6.09. The van der Waals surface area contributed by atoms with Gasteiger partial charge in [0.2, 0.25) is 0 Å². The van der Waals surface area contributed by atoms with Gasteiger partial charge in [-0.3, -0.25) is 0 Å². The highest BCUT2D eigenvalue weighted by atomic mass is 16.5. The molecule has 0 radical (unpaired) electrons. The molecule has 4 nitrogen and oxygen atoms in total. The largest absolute Gasteiger partial charge is 0.492 e. The first-order chi connectivity index (χ1) is 10.7. The summed E-state index contributed by atoms with van der Waals surface area (Å²) in [5.41, 5.74) is 7.98. The molecular formula is C18H33N3O. The lowest BCUT2D eigenvalue weighted by Gasteiger charge is -2.17. The Morgan fingerprint density at radius 1 is 1.09 bits per heavy atom. The lowest BCUT2D eigenvalue weighted by molar-refractivity contribution is 0.296. The third-order valence-electron chi connectivity index (χ3n) is 3.94. The van der Waals surface area contributed by atoms with Gasteiger partial charge in [-0.05, 0) is 76.6 Å². The second-order valence-electron chi connectivity index (χ2n) is 5.54. The smallest absolute Gasteiger partial charge is 0.142 e. The first-order valence-corrected chi connectivity index (χ1v) is 8.65. The van der Waals surface area contributed by atoms with Crippen LogP contribution in [0.2, 0.25) is 0 Å². The number of benzene rings is 1. The maximum absolute atomic E-state index is 5.98. The van der Waals surface area contributed by atoms with Crippen LogP contribution in [0.1, 0.15) is 39.2 Å². The average molecular weight is 307 g/mol. The van der Waals surface area contributed by atoms with Gasteiger partial charge in [-0.25, -0.2) is 0 Å². The molecule has 0 aliphatic rings. The summed E-state index contributed by atoms with van der Waals surface area (Å²) in [6.45, 7) is 12.7. The molecule has 22 heavy (non-hydrogen) atoms. The normalized spacial score (nSPS) is 11.1. The van der Waals surface area contributed by atoms with E-state index in [1.807, 2.05) is 19.1 Å². The molecule has 4 heteroatoms. The second kappa shape index (κ2) is 11.3. The molecule has 0 saturated heterocycles. The third-order valence-corrected chi connectivity index (χ3v) is 3.94. The molecule has 0 aliphatic heterocycles. The number of ether oxygens (including phenoxy) is 1. The zero-order valence-electron chi connectivity index (χ0n) is 14.5. The van der Waals surface area contributed by atoms with Crippen LogP contribution in [0.25, 0.3) is 0 Å². The molecular weight excluding hydrogens is 274 g/mol. The minimum Gasteiger partial charge on any atom is -0.492 e. The Hall–Kier alpha value is -1.26. The number of hydrogen-bond donors (Lipinski definition) is 2. The van der Waals surface area contributed by atoms with E-state index in [0.29, 0.717) is 6.61 Å². The van der Waals surface area contributed by atoms with Gasteiger partial charge in [0.25, 0.3) is 0 Å². The van der Waals surface area contributed by atoms with Gasteiger partial charge in [-0.2, -0.15) is 0 Å². The average Bonchev–Trinajstić information content (AvgIpc) is 2.53. The summed E-state index contributed by atoms with van der Waals surface area (Å²) >= 11 is 0. The first kappa shape index (κ1) is 18.8. The van der Waals surface area contributed by atoms with Crippen LogP contribution < -0.4 is 15.8 Å². The Labute approximate surface area is 136 Å². The van der Waals surface area contributed by atoms with E-state index in [4.69, 9.17) is 10.5 Å². The number of hydrogen-bond acceptors (Lipinski definition) is 4. The predicted molar refractivity (Wildman–Crippen MR) is 95.6 cm³/mol. The van der Waals surface area contributed by atoms with Gasteiger partial charge in [0.1, 0.15) is 5.75 Å². The van der Waals surface area contributed by atoms with Crippen molar-refractivity contribution in [2.45, 2.75) is 40.0 Å². The molecule has 1 aromatic carbocycles. The number of rotatable bonds is 12. The van der Waals surface area contributed by atoms with E-state index in [0.717, 1.165) is 44.0 Å². The minimum absolute atomic E-state index is 0.651. The van der Waals surface area contributed by atoms with Crippen molar-refractivity contribution in [1.82, 2.24) is 10.2 Å². The Kier molecular flexibility index (Phi) is 9.67. The van der Waals surface area contributed by atoms with Crippen LogP contribution in [0.3, 0.4) is 0 Å². The highest BCUT2D eigenvalue weighted by Crippen LogP contribution is 2.22. The Balaban J connectivity index is 2.13. The number of nitrogens with two attached hydrogens (primary N) is 1. The van der Waals surface area contributed by atoms with E-state index in [1.165, 1.54) is 24.9 Å². The van der Waals surface area contributed by atoms with Crippen molar-refractivity contribution >= 4 is 5.69 Å². The van der Waals surface area contributed by atoms with Gasteiger partial charge < -0.3 is 20.7 Å². The molecule has 0 fully saturated rings. The third kappa shape index (κ3) is 7.14. The van der Waals surface area contributed by atoms with E-state index in [1.54, 1.807) is 0 Å². The maximum atomic E-state index is 5.98. The van der Waals surface area contributed by atoms with Crippen molar-refractivity contribution in [3.05, 3.63) is 23.8 Å². The zero-order valence-corrected chi connectivity index (χ0v) is 14.5. The molecule has 0 bridgehead atoms. The van der Waals surface area contributed by atoms with Crippen molar-refractivity contribution in [3.8, 4) is 5.75 Å². The molecule has 0 unspecified atom stereocenters. The number of nitrogens with zero attached hydrogens (tertiary/aromatic N) is 1. The van der Waals surface area contributed by atoms with E-state index >= 15 is 0 Å². The van der Waals surface area contributed by atoms with E-state index in [2.05, 4.69) is 30.1 Å². The molecule has 0 spiro atoms. The van der Waals surface area contributed by atoms with Crippen LogP contribution in [0, 0.1) is 0 Å². The van der Waals surface area contributed by atoms with E-state index in [9.17, 15) is 0 Å². The maximum Gasteiger partial charge on any atom is 0.142 e. The first-order valence-electron chi connectivity index (χ1n) is 8.65. The van der Waals surface area contributed by atoms with Crippen LogP contribution in [0.5, 0.6) is 5.75 Å². The van der Waals surface area contributed by atoms with Gasteiger partial charge in [0.15, 0.2) is 0 Å². The fraction of sp³-hybridized carbons (Fsp3) is 0.667. The fourth-order valence-electron chi connectivity index (χ4n) is 2.52. The summed E-state index contributed by atoms with van der Waals surface area (Å²) in [7, 11) is 0. The molecule has 1 aromatic rings. The standard InChI is InChI=1S/C18H33N3O/c1-4-21(5-2)14-8-7-12-20-13-11-16-9-10-18(22-6-3)17(19)15-16/h9-10,15,20H,4-8,11-14,19H2,1-3H3. The monoisotopic (exact) mass is 307 g/mol. The molecule has 0 aromatic heterocycles. The summed E-state index contributed by atoms with van der Waals surface area (Å²) < 4.78 is 5.45. The van der Waals surface area contributed by atoms with Crippen LogP contribution in [0.15, 0.2) is 18.2 Å². The molecule has 0 atom stereocenters. The molecule has 1 rings (SSSR count). The van der Waals surface area contributed by atoms with Crippen molar-refractivity contribution in [3.63, 3.8) is 0 Å². The van der Waals surface area contributed by atoms with Gasteiger partial charge in [0, 0.05) is 0 Å². The lowest BCUT2D eigenvalue weighted by atomic mass is 10.1. The highest BCUT2D eigenvalue weighted by molar-refractivity contribution is 5.54. The molecule has 3 N–H and O–H groups in total. The Morgan fingerprint density at radius 2 is 1.86 bits per heavy atom. The van der Waals surface area contributed by atoms with Gasteiger partial charge in [-0.1, -0.05) is 19.9 Å². The van der Waals surface area contributed by atoms with Crippen LogP contribution in [-0.4, -0.2) is 44.2 Å². The van der Waals surface area contributed by atoms with Crippen LogP contribution >= 0.6 is 0 Å². The Morgan fingerprint density at radius 3 is 2.50 bits per heavy atom. The minimum atomic E-state index is 0.651. The van der Waals surface area contributed by atoms with Gasteiger partial charge in [-0.15, -0.1) is 0 Å². The molecule has 0 saturated carbocycles. The quantitative estimate of drug-likeness (QED) is 0.460. The lowest BCUT2D eigenvalue weighted by Crippen LogP contribution is -2.25. The SMILES string of the molecule is CCOc1ccc(CCNCCCCN(CC)CC)cc1N. The predicted octanol–water partition coefficient (Wildman–Crippen LogP) is 2.92. The van der Waals surface area contributed by atoms with Crippen molar-refractivity contribution in [2.24, 2.45) is 0 Å². The van der Waals surface area contributed by atoms with Gasteiger partial charge >= 0.3 is 0 Å². The molecule has 0 amide bonds. The molecule has 0 heterocycles. The van der Waals surface area contributed by atoms with Crippen molar-refractivity contribution in [2.75, 3.05) is 45.1 Å². The van der Waals surface area contributed by atoms with Crippen molar-refractivity contribution in [1.29, 1.82) is 0 Å². The van der Waals surface area contributed by atoms with E-state index in [-0.39, 0.29) is 0 Å². The number of anilines is 1. The fourth-order valence-corrected chi connectivity index (χ4v) is 2.52. The molecule has 0 aliphatic carbocycles. The highest BCUT2D eigenvalue weighted by Gasteiger charge is 2.02. The number of nitrogens with one attached hydrogen (secondary N) is 1. The topological polar surface area (TPSA) is 50.5 Å². The van der Waals surface area contributed by atoms with Crippen molar-refractivity contribution < 1.29 is 4.74 Å². The van der Waals surface area contributed by atoms with E-state index < -0.39 is 0 Å². The summed E-state index contributed by atoms with van der Waals surface area (Å²) in [5, 5.41) is 3.51. The summed E-state index contributed by atoms with van der Waals surface area (Å²) in [5.74, 6) is 0.788. The molecule has 126 valence electrons. The zero-order chi connectivity index (χ0) is 16.2. The van der Waals surface area contributed by atoms with Crippen LogP contribution in [-0.2, 0) is 6.42 Å². The number of nitrogen functional groups attached to an aromatic ring is 1. The summed E-state index contributed by atoms with van der Waals surface area (Å²) in [4.78, 5) is 2.47.